The molecule has 0 radical (unpaired) electrons. The van der Waals surface area contributed by atoms with Gasteiger partial charge in [-0.3, -0.25) is 9.59 Å². The Morgan fingerprint density at radius 2 is 1.67 bits per heavy atom. The van der Waals surface area contributed by atoms with Crippen LogP contribution in [0.4, 0.5) is 0 Å². The summed E-state index contributed by atoms with van der Waals surface area (Å²) in [6, 6.07) is 9.20. The van der Waals surface area contributed by atoms with E-state index in [2.05, 4.69) is 10.6 Å². The molecule has 27 heavy (non-hydrogen) atoms. The Bertz CT molecular complexity index is 669. The van der Waals surface area contributed by atoms with E-state index >= 15 is 0 Å². The van der Waals surface area contributed by atoms with E-state index in [4.69, 9.17) is 0 Å². The third-order valence-corrected chi connectivity index (χ3v) is 6.71. The van der Waals surface area contributed by atoms with Crippen LogP contribution in [0.2, 0.25) is 0 Å². The molecule has 3 aliphatic rings. The molecule has 2 unspecified atom stereocenters. The third-order valence-electron chi connectivity index (χ3n) is 6.71. The Hall–Kier alpha value is -1.88. The maximum Gasteiger partial charge on any atom is 0.253 e. The molecule has 1 aromatic rings. The summed E-state index contributed by atoms with van der Waals surface area (Å²) in [5.74, 6) is 0.468. The van der Waals surface area contributed by atoms with Gasteiger partial charge in [0.25, 0.3) is 5.91 Å². The number of carbonyl (C=O) groups excluding carboxylic acids is 2. The van der Waals surface area contributed by atoms with Crippen molar-refractivity contribution < 1.29 is 9.59 Å². The van der Waals surface area contributed by atoms with Crippen LogP contribution in [0.5, 0.6) is 0 Å². The van der Waals surface area contributed by atoms with Gasteiger partial charge >= 0.3 is 0 Å². The molecule has 2 amide bonds. The van der Waals surface area contributed by atoms with Gasteiger partial charge in [-0.1, -0.05) is 25.0 Å². The summed E-state index contributed by atoms with van der Waals surface area (Å²) in [7, 11) is 1.94. The molecular formula is C22H31N3O2. The number of nitrogens with zero attached hydrogens (tertiary/aromatic N) is 1. The summed E-state index contributed by atoms with van der Waals surface area (Å²) < 4.78 is 0. The van der Waals surface area contributed by atoms with Crippen LogP contribution in [-0.4, -0.2) is 41.9 Å². The number of amides is 2. The lowest BCUT2D eigenvalue weighted by Gasteiger charge is -2.35. The molecule has 2 aliphatic heterocycles. The number of piperidine rings is 1. The highest BCUT2D eigenvalue weighted by Gasteiger charge is 2.36. The zero-order valence-corrected chi connectivity index (χ0v) is 16.2. The molecule has 2 N–H and O–H groups in total. The maximum atomic E-state index is 12.9. The van der Waals surface area contributed by atoms with E-state index in [9.17, 15) is 9.59 Å². The first kappa shape index (κ1) is 18.5. The fraction of sp³-hybridized carbons (Fsp3) is 0.636. The van der Waals surface area contributed by atoms with Crippen molar-refractivity contribution in [2.45, 2.75) is 76.0 Å². The van der Waals surface area contributed by atoms with Gasteiger partial charge in [0.2, 0.25) is 5.91 Å². The van der Waals surface area contributed by atoms with Gasteiger partial charge in [0.1, 0.15) is 0 Å². The van der Waals surface area contributed by atoms with Crippen molar-refractivity contribution in [3.8, 4) is 0 Å². The quantitative estimate of drug-likeness (QED) is 0.839. The Labute approximate surface area is 161 Å². The number of fused-ring (bicyclic) bond motifs is 2. The molecule has 3 fully saturated rings. The number of rotatable bonds is 5. The molecule has 1 aliphatic carbocycles. The van der Waals surface area contributed by atoms with E-state index < -0.39 is 0 Å². The first-order valence-corrected chi connectivity index (χ1v) is 10.5. The lowest BCUT2D eigenvalue weighted by atomic mass is 9.98. The van der Waals surface area contributed by atoms with Crippen LogP contribution in [0.25, 0.3) is 0 Å². The zero-order valence-electron chi connectivity index (χ0n) is 16.2. The largest absolute Gasteiger partial charge is 0.352 e. The number of hydrogen-bond acceptors (Lipinski definition) is 3. The monoisotopic (exact) mass is 369 g/mol. The Morgan fingerprint density at radius 3 is 2.30 bits per heavy atom. The van der Waals surface area contributed by atoms with Crippen LogP contribution < -0.4 is 10.6 Å². The fourth-order valence-electron chi connectivity index (χ4n) is 5.00. The molecule has 4 rings (SSSR count). The molecule has 5 heteroatoms. The van der Waals surface area contributed by atoms with Crippen molar-refractivity contribution in [3.05, 3.63) is 35.4 Å². The molecule has 2 atom stereocenters. The summed E-state index contributed by atoms with van der Waals surface area (Å²) in [6.45, 7) is 0.539. The highest BCUT2D eigenvalue weighted by molar-refractivity contribution is 5.94. The minimum absolute atomic E-state index is 0.0999. The number of benzene rings is 1. The average Bonchev–Trinajstić information content (AvgIpc) is 3.35. The number of hydrogen-bond donors (Lipinski definition) is 2. The van der Waals surface area contributed by atoms with Gasteiger partial charge in [0.05, 0.1) is 0 Å². The lowest BCUT2D eigenvalue weighted by molar-refractivity contribution is -0.124. The number of nitrogens with one attached hydrogen (secondary N) is 2. The van der Waals surface area contributed by atoms with E-state index in [1.165, 1.54) is 25.7 Å². The van der Waals surface area contributed by atoms with Crippen molar-refractivity contribution >= 4 is 11.8 Å². The summed E-state index contributed by atoms with van der Waals surface area (Å²) in [5.41, 5.74) is 1.77. The highest BCUT2D eigenvalue weighted by atomic mass is 16.2. The van der Waals surface area contributed by atoms with Crippen LogP contribution in [-0.2, 0) is 11.3 Å². The van der Waals surface area contributed by atoms with Crippen molar-refractivity contribution in [1.29, 1.82) is 0 Å². The second-order valence-corrected chi connectivity index (χ2v) is 8.58. The van der Waals surface area contributed by atoms with Crippen molar-refractivity contribution in [2.24, 2.45) is 5.92 Å². The molecule has 1 saturated carbocycles. The van der Waals surface area contributed by atoms with E-state index in [0.717, 1.165) is 36.8 Å². The van der Waals surface area contributed by atoms with Gasteiger partial charge in [-0.05, 0) is 56.2 Å². The summed E-state index contributed by atoms with van der Waals surface area (Å²) in [4.78, 5) is 26.9. The van der Waals surface area contributed by atoms with Gasteiger partial charge in [-0.25, -0.2) is 0 Å². The van der Waals surface area contributed by atoms with Crippen molar-refractivity contribution in [2.75, 3.05) is 7.05 Å². The van der Waals surface area contributed by atoms with E-state index in [1.807, 2.05) is 36.2 Å². The molecule has 2 bridgehead atoms. The maximum absolute atomic E-state index is 12.9. The first-order chi connectivity index (χ1) is 13.1. The van der Waals surface area contributed by atoms with Gasteiger partial charge in [-0.2, -0.15) is 0 Å². The Kier molecular flexibility index (Phi) is 5.48. The smallest absolute Gasteiger partial charge is 0.253 e. The van der Waals surface area contributed by atoms with E-state index in [-0.39, 0.29) is 17.7 Å². The molecule has 0 spiro atoms. The first-order valence-electron chi connectivity index (χ1n) is 10.5. The third kappa shape index (κ3) is 4.18. The van der Waals surface area contributed by atoms with Crippen LogP contribution >= 0.6 is 0 Å². The van der Waals surface area contributed by atoms with Crippen molar-refractivity contribution in [1.82, 2.24) is 15.5 Å². The summed E-state index contributed by atoms with van der Waals surface area (Å²) in [5, 5.41) is 6.67. The molecule has 1 aromatic carbocycles. The van der Waals surface area contributed by atoms with Crippen LogP contribution in [0.15, 0.2) is 24.3 Å². The van der Waals surface area contributed by atoms with E-state index in [0.29, 0.717) is 24.7 Å². The Morgan fingerprint density at radius 1 is 1.04 bits per heavy atom. The zero-order chi connectivity index (χ0) is 18.8. The topological polar surface area (TPSA) is 61.4 Å². The molecule has 0 aromatic heterocycles. The predicted octanol–water partition coefficient (Wildman–Crippen LogP) is 2.85. The molecule has 2 saturated heterocycles. The second-order valence-electron chi connectivity index (χ2n) is 8.58. The molecule has 5 nitrogen and oxygen atoms in total. The summed E-state index contributed by atoms with van der Waals surface area (Å²) >= 11 is 0. The predicted molar refractivity (Wildman–Crippen MR) is 105 cm³/mol. The molecule has 2 heterocycles. The average molecular weight is 370 g/mol. The van der Waals surface area contributed by atoms with Crippen molar-refractivity contribution in [3.63, 3.8) is 0 Å². The van der Waals surface area contributed by atoms with Gasteiger partial charge in [0, 0.05) is 43.2 Å². The SMILES string of the molecule is CN(C(=O)c1ccc(CNC(=O)C2CCCC2)cc1)C1CC2CCC(C1)N2. The van der Waals surface area contributed by atoms with Crippen LogP contribution in [0, 0.1) is 5.92 Å². The van der Waals surface area contributed by atoms with Gasteiger partial charge in [0.15, 0.2) is 0 Å². The molecular weight excluding hydrogens is 338 g/mol. The van der Waals surface area contributed by atoms with E-state index in [1.54, 1.807) is 0 Å². The summed E-state index contributed by atoms with van der Waals surface area (Å²) in [6.07, 6.45) is 8.97. The van der Waals surface area contributed by atoms with Gasteiger partial charge < -0.3 is 15.5 Å². The number of carbonyl (C=O) groups is 2. The Balaban J connectivity index is 1.31. The molecule has 146 valence electrons. The van der Waals surface area contributed by atoms with Crippen LogP contribution in [0.3, 0.4) is 0 Å². The normalized spacial score (nSPS) is 27.5. The minimum atomic E-state index is 0.0999. The minimum Gasteiger partial charge on any atom is -0.352 e. The highest BCUT2D eigenvalue weighted by Crippen LogP contribution is 2.30. The second kappa shape index (κ2) is 8.01. The fourth-order valence-corrected chi connectivity index (χ4v) is 5.00. The lowest BCUT2D eigenvalue weighted by Crippen LogP contribution is -2.48. The van der Waals surface area contributed by atoms with Crippen LogP contribution in [0.1, 0.15) is 67.3 Å². The standard InChI is InChI=1S/C22H31N3O2/c1-25(20-12-18-10-11-19(13-20)24-18)22(27)17-8-6-15(7-9-17)14-23-21(26)16-4-2-3-5-16/h6-9,16,18-20,24H,2-5,10-14H2,1H3,(H,23,26). The van der Waals surface area contributed by atoms with Gasteiger partial charge in [-0.15, -0.1) is 0 Å².